The maximum absolute atomic E-state index is 12.5. The number of rotatable bonds is 4. The standard InChI is InChI=1S/C17H18O3/c1-2-20-16-10-9-15(18)11-14(12-16)17(19)13-7-5-3-4-6-8-13/h3-5,7-12,14,18H,2,6H2,1H3. The van der Waals surface area contributed by atoms with Gasteiger partial charge in [-0.15, -0.1) is 0 Å². The van der Waals surface area contributed by atoms with E-state index in [9.17, 15) is 9.90 Å². The van der Waals surface area contributed by atoms with Crippen LogP contribution in [0.5, 0.6) is 0 Å². The highest BCUT2D eigenvalue weighted by Crippen LogP contribution is 2.21. The summed E-state index contributed by atoms with van der Waals surface area (Å²) < 4.78 is 5.43. The zero-order valence-electron chi connectivity index (χ0n) is 11.5. The molecule has 0 amide bonds. The predicted octanol–water partition coefficient (Wildman–Crippen LogP) is 3.55. The Kier molecular flexibility index (Phi) is 4.77. The van der Waals surface area contributed by atoms with E-state index >= 15 is 0 Å². The number of ether oxygens (including phenoxy) is 1. The molecule has 0 aromatic heterocycles. The summed E-state index contributed by atoms with van der Waals surface area (Å²) in [6.07, 6.45) is 16.6. The van der Waals surface area contributed by atoms with E-state index < -0.39 is 5.92 Å². The van der Waals surface area contributed by atoms with Crippen molar-refractivity contribution in [3.8, 4) is 0 Å². The molecular weight excluding hydrogens is 252 g/mol. The van der Waals surface area contributed by atoms with Crippen LogP contribution in [0.4, 0.5) is 0 Å². The largest absolute Gasteiger partial charge is 0.508 e. The monoisotopic (exact) mass is 270 g/mol. The lowest BCUT2D eigenvalue weighted by atomic mass is 9.95. The van der Waals surface area contributed by atoms with E-state index in [1.54, 1.807) is 18.2 Å². The Morgan fingerprint density at radius 1 is 1.30 bits per heavy atom. The van der Waals surface area contributed by atoms with Crippen molar-refractivity contribution in [3.05, 3.63) is 71.8 Å². The maximum atomic E-state index is 12.5. The molecule has 0 saturated heterocycles. The third-order valence-corrected chi connectivity index (χ3v) is 3.01. The SMILES string of the molecule is CCOC1=CC(C(=O)C2=CCC=CC=C2)C=C(O)C=C1. The van der Waals surface area contributed by atoms with Crippen molar-refractivity contribution in [1.29, 1.82) is 0 Å². The summed E-state index contributed by atoms with van der Waals surface area (Å²) >= 11 is 0. The van der Waals surface area contributed by atoms with Crippen molar-refractivity contribution in [3.63, 3.8) is 0 Å². The number of carbonyl (C=O) groups excluding carboxylic acids is 1. The van der Waals surface area contributed by atoms with Gasteiger partial charge < -0.3 is 9.84 Å². The molecule has 0 aliphatic heterocycles. The summed E-state index contributed by atoms with van der Waals surface area (Å²) in [6.45, 7) is 2.40. The van der Waals surface area contributed by atoms with E-state index in [4.69, 9.17) is 4.74 Å². The number of aliphatic hydroxyl groups excluding tert-OH is 1. The first-order chi connectivity index (χ1) is 9.70. The van der Waals surface area contributed by atoms with Crippen molar-refractivity contribution in [2.75, 3.05) is 6.61 Å². The molecule has 3 heteroatoms. The van der Waals surface area contributed by atoms with Gasteiger partial charge in [-0.1, -0.05) is 30.4 Å². The molecule has 0 aromatic carbocycles. The molecule has 3 nitrogen and oxygen atoms in total. The van der Waals surface area contributed by atoms with E-state index in [2.05, 4.69) is 0 Å². The number of allylic oxidation sites excluding steroid dienone is 10. The zero-order valence-corrected chi connectivity index (χ0v) is 11.5. The molecule has 20 heavy (non-hydrogen) atoms. The molecule has 0 radical (unpaired) electrons. The van der Waals surface area contributed by atoms with E-state index in [0.717, 1.165) is 6.42 Å². The highest BCUT2D eigenvalue weighted by molar-refractivity contribution is 6.02. The summed E-state index contributed by atoms with van der Waals surface area (Å²) in [5, 5.41) is 9.73. The van der Waals surface area contributed by atoms with Gasteiger partial charge in [0.15, 0.2) is 5.78 Å². The van der Waals surface area contributed by atoms with E-state index in [1.807, 2.05) is 31.2 Å². The molecule has 1 N–H and O–H groups in total. The van der Waals surface area contributed by atoms with E-state index in [1.165, 1.54) is 12.2 Å². The summed E-state index contributed by atoms with van der Waals surface area (Å²) in [7, 11) is 0. The molecule has 2 aliphatic carbocycles. The van der Waals surface area contributed by atoms with Crippen LogP contribution < -0.4 is 0 Å². The smallest absolute Gasteiger partial charge is 0.173 e. The maximum Gasteiger partial charge on any atom is 0.173 e. The van der Waals surface area contributed by atoms with E-state index in [0.29, 0.717) is 17.9 Å². The van der Waals surface area contributed by atoms with Gasteiger partial charge in [0.1, 0.15) is 11.5 Å². The fourth-order valence-electron chi connectivity index (χ4n) is 2.06. The predicted molar refractivity (Wildman–Crippen MR) is 79.0 cm³/mol. The van der Waals surface area contributed by atoms with Crippen molar-refractivity contribution < 1.29 is 14.6 Å². The van der Waals surface area contributed by atoms with Crippen molar-refractivity contribution in [2.45, 2.75) is 13.3 Å². The Bertz CT molecular complexity index is 557. The normalized spacial score (nSPS) is 21.4. The molecular formula is C17H18O3. The highest BCUT2D eigenvalue weighted by Gasteiger charge is 2.19. The summed E-state index contributed by atoms with van der Waals surface area (Å²) in [5.41, 5.74) is 0.651. The van der Waals surface area contributed by atoms with Crippen LogP contribution >= 0.6 is 0 Å². The number of aliphatic hydroxyl groups is 1. The third kappa shape index (κ3) is 3.60. The molecule has 104 valence electrons. The Balaban J connectivity index is 2.25. The molecule has 0 spiro atoms. The molecule has 2 rings (SSSR count). The second-order valence-electron chi connectivity index (χ2n) is 4.50. The van der Waals surface area contributed by atoms with Gasteiger partial charge in [0.25, 0.3) is 0 Å². The quantitative estimate of drug-likeness (QED) is 0.849. The first kappa shape index (κ1) is 14.1. The van der Waals surface area contributed by atoms with Gasteiger partial charge in [-0.3, -0.25) is 4.79 Å². The second kappa shape index (κ2) is 6.75. The number of carbonyl (C=O) groups is 1. The van der Waals surface area contributed by atoms with Crippen LogP contribution in [-0.4, -0.2) is 17.5 Å². The Hall–Kier alpha value is -2.29. The van der Waals surface area contributed by atoms with Gasteiger partial charge in [0.05, 0.1) is 12.5 Å². The van der Waals surface area contributed by atoms with Crippen LogP contribution in [0.2, 0.25) is 0 Å². The lowest BCUT2D eigenvalue weighted by Gasteiger charge is -2.09. The van der Waals surface area contributed by atoms with E-state index in [-0.39, 0.29) is 11.5 Å². The average molecular weight is 270 g/mol. The van der Waals surface area contributed by atoms with Crippen LogP contribution in [0.3, 0.4) is 0 Å². The minimum Gasteiger partial charge on any atom is -0.508 e. The van der Waals surface area contributed by atoms with Gasteiger partial charge >= 0.3 is 0 Å². The number of Topliss-reactive ketones (excluding diaryl/α,β-unsaturated/α-hetero) is 1. The molecule has 0 fully saturated rings. The van der Waals surface area contributed by atoms with Crippen LogP contribution in [0.25, 0.3) is 0 Å². The van der Waals surface area contributed by atoms with Crippen LogP contribution in [0.1, 0.15) is 13.3 Å². The molecule has 0 bridgehead atoms. The van der Waals surface area contributed by atoms with Crippen LogP contribution in [0.15, 0.2) is 71.8 Å². The second-order valence-corrected chi connectivity index (χ2v) is 4.50. The Morgan fingerprint density at radius 2 is 2.15 bits per heavy atom. The lowest BCUT2D eigenvalue weighted by Crippen LogP contribution is -2.13. The number of hydrogen-bond donors (Lipinski definition) is 1. The third-order valence-electron chi connectivity index (χ3n) is 3.01. The molecule has 1 atom stereocenters. The molecule has 0 heterocycles. The molecule has 0 saturated carbocycles. The van der Waals surface area contributed by atoms with Crippen molar-refractivity contribution >= 4 is 5.78 Å². The minimum atomic E-state index is -0.513. The van der Waals surface area contributed by atoms with Gasteiger partial charge in [-0.05, 0) is 37.6 Å². The Morgan fingerprint density at radius 3 is 2.95 bits per heavy atom. The fraction of sp³-hybridized carbons (Fsp3) is 0.235. The lowest BCUT2D eigenvalue weighted by molar-refractivity contribution is -0.116. The average Bonchev–Trinajstić information content (AvgIpc) is 2.80. The number of ketones is 1. The fourth-order valence-corrected chi connectivity index (χ4v) is 2.06. The van der Waals surface area contributed by atoms with Gasteiger partial charge in [-0.25, -0.2) is 0 Å². The van der Waals surface area contributed by atoms with Crippen LogP contribution in [-0.2, 0) is 9.53 Å². The molecule has 1 unspecified atom stereocenters. The highest BCUT2D eigenvalue weighted by atomic mass is 16.5. The van der Waals surface area contributed by atoms with Crippen molar-refractivity contribution in [2.24, 2.45) is 5.92 Å². The van der Waals surface area contributed by atoms with Crippen molar-refractivity contribution in [1.82, 2.24) is 0 Å². The zero-order chi connectivity index (χ0) is 14.4. The Labute approximate surface area is 118 Å². The summed E-state index contributed by atoms with van der Waals surface area (Å²) in [6, 6.07) is 0. The topological polar surface area (TPSA) is 46.5 Å². The van der Waals surface area contributed by atoms with Gasteiger partial charge in [0.2, 0.25) is 0 Å². The molecule has 0 aromatic rings. The summed E-state index contributed by atoms with van der Waals surface area (Å²) in [4.78, 5) is 12.5. The first-order valence-corrected chi connectivity index (χ1v) is 6.71. The van der Waals surface area contributed by atoms with Crippen LogP contribution in [0, 0.1) is 5.92 Å². The van der Waals surface area contributed by atoms with Gasteiger partial charge in [0, 0.05) is 5.57 Å². The first-order valence-electron chi connectivity index (χ1n) is 6.71. The molecule has 2 aliphatic rings. The summed E-state index contributed by atoms with van der Waals surface area (Å²) in [5.74, 6) is 0.117. The minimum absolute atomic E-state index is 0.0441. The van der Waals surface area contributed by atoms with Gasteiger partial charge in [-0.2, -0.15) is 0 Å². The number of hydrogen-bond acceptors (Lipinski definition) is 3.